The van der Waals surface area contributed by atoms with Gasteiger partial charge in [-0.05, 0) is 12.1 Å². The average Bonchev–Trinajstić information content (AvgIpc) is 2.59. The topological polar surface area (TPSA) is 79.9 Å². The molecule has 0 amide bonds. The van der Waals surface area contributed by atoms with Crippen molar-refractivity contribution in [1.29, 1.82) is 0 Å². The first-order valence-electron chi connectivity index (χ1n) is 4.61. The molecule has 0 radical (unpaired) electrons. The molecule has 1 heterocycles. The molecule has 2 aromatic rings. The Morgan fingerprint density at radius 3 is 2.62 bits per heavy atom. The lowest BCUT2D eigenvalue weighted by atomic mass is 10.3. The molecule has 0 aliphatic carbocycles. The molecule has 0 aliphatic rings. The van der Waals surface area contributed by atoms with Crippen molar-refractivity contribution in [3.63, 3.8) is 0 Å². The number of carbonyl (C=O) groups is 1. The van der Waals surface area contributed by atoms with Crippen LogP contribution in [0.15, 0.2) is 24.3 Å². The van der Waals surface area contributed by atoms with Gasteiger partial charge in [-0.15, -0.1) is 0 Å². The van der Waals surface area contributed by atoms with Crippen LogP contribution in [-0.2, 0) is 14.6 Å². The van der Waals surface area contributed by atoms with E-state index in [0.717, 1.165) is 6.26 Å². The van der Waals surface area contributed by atoms with Crippen molar-refractivity contribution in [2.24, 2.45) is 0 Å². The second-order valence-electron chi connectivity index (χ2n) is 3.53. The Kier molecular flexibility index (Phi) is 2.51. The van der Waals surface area contributed by atoms with Gasteiger partial charge in [0.2, 0.25) is 0 Å². The lowest BCUT2D eigenvalue weighted by Gasteiger charge is -2.02. The molecule has 16 heavy (non-hydrogen) atoms. The predicted molar refractivity (Wildman–Crippen MR) is 59.7 cm³/mol. The third-order valence-corrected chi connectivity index (χ3v) is 3.52. The maximum atomic E-state index is 11.3. The Balaban J connectivity index is 2.59. The molecule has 0 saturated heterocycles. The maximum Gasteiger partial charge on any atom is 0.174 e. The molecule has 6 heteroatoms. The number of aromatic nitrogens is 2. The van der Waals surface area contributed by atoms with E-state index >= 15 is 0 Å². The minimum absolute atomic E-state index is 0.165. The summed E-state index contributed by atoms with van der Waals surface area (Å²) in [7, 11) is -3.48. The van der Waals surface area contributed by atoms with Crippen LogP contribution in [0.4, 0.5) is 0 Å². The van der Waals surface area contributed by atoms with Gasteiger partial charge in [-0.3, -0.25) is 0 Å². The number of nitrogens with zero attached hydrogens (tertiary/aromatic N) is 1. The number of imidazole rings is 1. The lowest BCUT2D eigenvalue weighted by molar-refractivity contribution is -0.107. The largest absolute Gasteiger partial charge is 0.341 e. The summed E-state index contributed by atoms with van der Waals surface area (Å²) < 4.78 is 22.7. The Labute approximate surface area is 92.4 Å². The molecule has 1 aromatic carbocycles. The highest BCUT2D eigenvalue weighted by Gasteiger charge is 2.25. The van der Waals surface area contributed by atoms with Gasteiger partial charge in [0.05, 0.1) is 11.0 Å². The molecule has 1 aromatic heterocycles. The molecular formula is C10H10N2O3S. The number of sulfone groups is 1. The number of para-hydroxylation sites is 2. The summed E-state index contributed by atoms with van der Waals surface area (Å²) in [6, 6.07) is 7.12. The van der Waals surface area contributed by atoms with Gasteiger partial charge in [0.15, 0.2) is 15.1 Å². The third-order valence-electron chi connectivity index (χ3n) is 2.26. The number of nitrogens with one attached hydrogen (secondary N) is 1. The highest BCUT2D eigenvalue weighted by Crippen LogP contribution is 2.19. The number of aromatic amines is 1. The van der Waals surface area contributed by atoms with Crippen molar-refractivity contribution >= 4 is 27.2 Å². The molecule has 1 atom stereocenters. The molecule has 0 spiro atoms. The maximum absolute atomic E-state index is 11.3. The fraction of sp³-hybridized carbons (Fsp3) is 0.200. The molecule has 1 N–H and O–H groups in total. The first-order chi connectivity index (χ1) is 7.52. The average molecular weight is 238 g/mol. The number of benzene rings is 1. The summed E-state index contributed by atoms with van der Waals surface area (Å²) in [6.45, 7) is 0. The van der Waals surface area contributed by atoms with E-state index in [2.05, 4.69) is 9.97 Å². The predicted octanol–water partition coefficient (Wildman–Crippen LogP) is 0.847. The lowest BCUT2D eigenvalue weighted by Crippen LogP contribution is -2.14. The Hall–Kier alpha value is -1.69. The standard InChI is InChI=1S/C10H10N2O3S/c1-16(14,15)9(6-13)10-11-7-4-2-3-5-8(7)12-10/h2-6,9H,1H3,(H,11,12)/t9-/m1/s1. The Bertz CT molecular complexity index is 597. The smallest absolute Gasteiger partial charge is 0.174 e. The Morgan fingerprint density at radius 1 is 1.38 bits per heavy atom. The van der Waals surface area contributed by atoms with Crippen LogP contribution in [0.5, 0.6) is 0 Å². The normalized spacial score (nSPS) is 13.8. The van der Waals surface area contributed by atoms with Crippen LogP contribution in [0, 0.1) is 0 Å². The zero-order chi connectivity index (χ0) is 11.8. The van der Waals surface area contributed by atoms with Crippen molar-refractivity contribution in [3.8, 4) is 0 Å². The van der Waals surface area contributed by atoms with E-state index < -0.39 is 15.1 Å². The van der Waals surface area contributed by atoms with Crippen LogP contribution in [0.1, 0.15) is 11.1 Å². The highest BCUT2D eigenvalue weighted by atomic mass is 32.2. The summed E-state index contributed by atoms with van der Waals surface area (Å²) in [4.78, 5) is 17.7. The molecule has 0 saturated carbocycles. The zero-order valence-electron chi connectivity index (χ0n) is 8.54. The van der Waals surface area contributed by atoms with Crippen LogP contribution in [0.2, 0.25) is 0 Å². The number of hydrogen-bond acceptors (Lipinski definition) is 4. The molecule has 84 valence electrons. The van der Waals surface area contributed by atoms with Crippen LogP contribution in [-0.4, -0.2) is 30.9 Å². The summed E-state index contributed by atoms with van der Waals surface area (Å²) in [5, 5.41) is -1.22. The van der Waals surface area contributed by atoms with Gasteiger partial charge in [-0.1, -0.05) is 12.1 Å². The van der Waals surface area contributed by atoms with Crippen molar-refractivity contribution in [2.75, 3.05) is 6.26 Å². The number of fused-ring (bicyclic) bond motifs is 1. The van der Waals surface area contributed by atoms with Gasteiger partial charge < -0.3 is 9.78 Å². The van der Waals surface area contributed by atoms with E-state index in [9.17, 15) is 13.2 Å². The van der Waals surface area contributed by atoms with Crippen molar-refractivity contribution in [2.45, 2.75) is 5.25 Å². The van der Waals surface area contributed by atoms with Gasteiger partial charge in [0, 0.05) is 6.26 Å². The number of carbonyl (C=O) groups excluding carboxylic acids is 1. The fourth-order valence-corrected chi connectivity index (χ4v) is 2.19. The number of hydrogen-bond donors (Lipinski definition) is 1. The first kappa shape index (κ1) is 10.8. The van der Waals surface area contributed by atoms with Crippen molar-refractivity contribution in [1.82, 2.24) is 9.97 Å². The summed E-state index contributed by atoms with van der Waals surface area (Å²) in [6.07, 6.45) is 1.40. The number of H-pyrrole nitrogens is 1. The summed E-state index contributed by atoms with van der Waals surface area (Å²) >= 11 is 0. The molecule has 0 unspecified atom stereocenters. The number of rotatable bonds is 3. The van der Waals surface area contributed by atoms with Crippen LogP contribution >= 0.6 is 0 Å². The quantitative estimate of drug-likeness (QED) is 0.804. The van der Waals surface area contributed by atoms with Crippen molar-refractivity contribution in [3.05, 3.63) is 30.1 Å². The van der Waals surface area contributed by atoms with Crippen LogP contribution < -0.4 is 0 Å². The fourth-order valence-electron chi connectivity index (χ4n) is 1.48. The van der Waals surface area contributed by atoms with Crippen LogP contribution in [0.25, 0.3) is 11.0 Å². The summed E-state index contributed by atoms with van der Waals surface area (Å²) in [5.41, 5.74) is 1.36. The summed E-state index contributed by atoms with van der Waals surface area (Å²) in [5.74, 6) is 0.165. The second kappa shape index (κ2) is 3.71. The van der Waals surface area contributed by atoms with E-state index in [0.29, 0.717) is 17.3 Å². The SMILES string of the molecule is CS(=O)(=O)[C@H](C=O)c1nc2ccccc2[nH]1. The second-order valence-corrected chi connectivity index (χ2v) is 5.69. The first-order valence-corrected chi connectivity index (χ1v) is 6.56. The molecule has 0 bridgehead atoms. The van der Waals surface area contributed by atoms with E-state index in [1.807, 2.05) is 0 Å². The highest BCUT2D eigenvalue weighted by molar-refractivity contribution is 7.91. The van der Waals surface area contributed by atoms with E-state index in [-0.39, 0.29) is 5.82 Å². The van der Waals surface area contributed by atoms with Crippen molar-refractivity contribution < 1.29 is 13.2 Å². The minimum Gasteiger partial charge on any atom is -0.341 e. The van der Waals surface area contributed by atoms with Gasteiger partial charge in [-0.2, -0.15) is 0 Å². The van der Waals surface area contributed by atoms with Gasteiger partial charge >= 0.3 is 0 Å². The van der Waals surface area contributed by atoms with Crippen LogP contribution in [0.3, 0.4) is 0 Å². The molecule has 2 rings (SSSR count). The zero-order valence-corrected chi connectivity index (χ0v) is 9.36. The Morgan fingerprint density at radius 2 is 2.06 bits per heavy atom. The van der Waals surface area contributed by atoms with Gasteiger partial charge in [-0.25, -0.2) is 13.4 Å². The number of aldehydes is 1. The minimum atomic E-state index is -3.48. The van der Waals surface area contributed by atoms with Gasteiger partial charge in [0.25, 0.3) is 0 Å². The molecule has 5 nitrogen and oxygen atoms in total. The van der Waals surface area contributed by atoms with E-state index in [1.54, 1.807) is 24.3 Å². The third kappa shape index (κ3) is 1.83. The molecule has 0 fully saturated rings. The van der Waals surface area contributed by atoms with E-state index in [1.165, 1.54) is 0 Å². The van der Waals surface area contributed by atoms with Gasteiger partial charge in [0.1, 0.15) is 12.1 Å². The molecular weight excluding hydrogens is 228 g/mol. The monoisotopic (exact) mass is 238 g/mol. The van der Waals surface area contributed by atoms with E-state index in [4.69, 9.17) is 0 Å². The molecule has 0 aliphatic heterocycles.